The SMILES string of the molecule is CCNC(=NCC(OC)c1cccc(Cl)c1)N1CC(C)C(C(=O)OC)C1. The van der Waals surface area contributed by atoms with Gasteiger partial charge >= 0.3 is 5.97 Å². The van der Waals surface area contributed by atoms with Crippen molar-refractivity contribution >= 4 is 23.5 Å². The van der Waals surface area contributed by atoms with Crippen molar-refractivity contribution in [2.24, 2.45) is 16.8 Å². The third-order valence-electron chi connectivity index (χ3n) is 4.66. The zero-order valence-electron chi connectivity index (χ0n) is 15.9. The second-order valence-electron chi connectivity index (χ2n) is 6.49. The summed E-state index contributed by atoms with van der Waals surface area (Å²) in [4.78, 5) is 18.8. The normalized spacial score (nSPS) is 21.6. The molecule has 0 spiro atoms. The summed E-state index contributed by atoms with van der Waals surface area (Å²) in [5, 5.41) is 3.98. The maximum Gasteiger partial charge on any atom is 0.310 e. The van der Waals surface area contributed by atoms with E-state index in [0.717, 1.165) is 24.6 Å². The Hall–Kier alpha value is -1.79. The van der Waals surface area contributed by atoms with Gasteiger partial charge in [0.05, 0.1) is 19.6 Å². The Labute approximate surface area is 160 Å². The second kappa shape index (κ2) is 9.78. The van der Waals surface area contributed by atoms with Crippen LogP contribution >= 0.6 is 11.6 Å². The fourth-order valence-electron chi connectivity index (χ4n) is 3.22. The Balaban J connectivity index is 2.12. The van der Waals surface area contributed by atoms with Crippen LogP contribution in [0.5, 0.6) is 0 Å². The summed E-state index contributed by atoms with van der Waals surface area (Å²) >= 11 is 6.08. The number of carbonyl (C=O) groups excluding carboxylic acids is 1. The van der Waals surface area contributed by atoms with Gasteiger partial charge in [0.2, 0.25) is 0 Å². The Morgan fingerprint density at radius 3 is 2.81 bits per heavy atom. The largest absolute Gasteiger partial charge is 0.469 e. The van der Waals surface area contributed by atoms with Crippen molar-refractivity contribution < 1.29 is 14.3 Å². The predicted octanol–water partition coefficient (Wildman–Crippen LogP) is 2.73. The first-order valence-corrected chi connectivity index (χ1v) is 9.27. The fourth-order valence-corrected chi connectivity index (χ4v) is 3.41. The zero-order chi connectivity index (χ0) is 19.1. The van der Waals surface area contributed by atoms with E-state index in [1.54, 1.807) is 7.11 Å². The van der Waals surface area contributed by atoms with Crippen LogP contribution in [0.25, 0.3) is 0 Å². The number of ether oxygens (including phenoxy) is 2. The minimum atomic E-state index is -0.182. The quantitative estimate of drug-likeness (QED) is 0.466. The number of esters is 1. The fraction of sp³-hybridized carbons (Fsp3) is 0.579. The molecule has 1 heterocycles. The number of halogens is 1. The molecule has 0 saturated carbocycles. The molecule has 1 N–H and O–H groups in total. The second-order valence-corrected chi connectivity index (χ2v) is 6.92. The summed E-state index contributed by atoms with van der Waals surface area (Å²) in [5.41, 5.74) is 0.988. The van der Waals surface area contributed by atoms with Gasteiger partial charge in [-0.1, -0.05) is 30.7 Å². The lowest BCUT2D eigenvalue weighted by Gasteiger charge is -2.22. The van der Waals surface area contributed by atoms with Gasteiger partial charge in [-0.15, -0.1) is 0 Å². The third-order valence-corrected chi connectivity index (χ3v) is 4.90. The molecule has 0 radical (unpaired) electrons. The number of hydrogen-bond donors (Lipinski definition) is 1. The first-order chi connectivity index (χ1) is 12.5. The van der Waals surface area contributed by atoms with Crippen LogP contribution in [0.15, 0.2) is 29.3 Å². The first-order valence-electron chi connectivity index (χ1n) is 8.89. The molecule has 1 fully saturated rings. The lowest BCUT2D eigenvalue weighted by molar-refractivity contribution is -0.145. The van der Waals surface area contributed by atoms with Crippen molar-refractivity contribution in [1.29, 1.82) is 0 Å². The Morgan fingerprint density at radius 2 is 2.19 bits per heavy atom. The minimum absolute atomic E-state index is 0.130. The monoisotopic (exact) mass is 381 g/mol. The summed E-state index contributed by atoms with van der Waals surface area (Å²) in [6.07, 6.45) is -0.182. The maximum absolute atomic E-state index is 11.9. The van der Waals surface area contributed by atoms with Crippen molar-refractivity contribution in [3.63, 3.8) is 0 Å². The average molecular weight is 382 g/mol. The highest BCUT2D eigenvalue weighted by atomic mass is 35.5. The minimum Gasteiger partial charge on any atom is -0.469 e. The summed E-state index contributed by atoms with van der Waals surface area (Å²) in [7, 11) is 3.10. The highest BCUT2D eigenvalue weighted by Crippen LogP contribution is 2.25. The number of guanidine groups is 1. The Bertz CT molecular complexity index is 638. The smallest absolute Gasteiger partial charge is 0.310 e. The van der Waals surface area contributed by atoms with Gasteiger partial charge in [-0.3, -0.25) is 9.79 Å². The molecule has 0 aliphatic carbocycles. The van der Waals surface area contributed by atoms with E-state index in [-0.39, 0.29) is 23.9 Å². The maximum atomic E-state index is 11.9. The van der Waals surface area contributed by atoms with E-state index in [9.17, 15) is 4.79 Å². The van der Waals surface area contributed by atoms with Gasteiger partial charge in [0.1, 0.15) is 6.10 Å². The molecule has 0 aromatic heterocycles. The molecule has 144 valence electrons. The molecule has 26 heavy (non-hydrogen) atoms. The Kier molecular flexibility index (Phi) is 7.72. The molecule has 1 aliphatic heterocycles. The molecule has 1 aliphatic rings. The number of aliphatic imine (C=N–C) groups is 1. The van der Waals surface area contributed by atoms with Gasteiger partial charge in [0.25, 0.3) is 0 Å². The number of hydrogen-bond acceptors (Lipinski definition) is 4. The average Bonchev–Trinajstić information content (AvgIpc) is 3.02. The van der Waals surface area contributed by atoms with E-state index in [1.807, 2.05) is 31.2 Å². The number of benzene rings is 1. The third kappa shape index (κ3) is 5.11. The molecule has 3 unspecified atom stereocenters. The highest BCUT2D eigenvalue weighted by Gasteiger charge is 2.36. The number of likely N-dealkylation sites (tertiary alicyclic amines) is 1. The van der Waals surface area contributed by atoms with E-state index < -0.39 is 0 Å². The first kappa shape index (κ1) is 20.5. The molecule has 3 atom stereocenters. The molecular weight excluding hydrogens is 354 g/mol. The van der Waals surface area contributed by atoms with Crippen LogP contribution in [0.1, 0.15) is 25.5 Å². The lowest BCUT2D eigenvalue weighted by atomic mass is 9.99. The summed E-state index contributed by atoms with van der Waals surface area (Å²) in [5.74, 6) is 0.715. The molecule has 1 aromatic rings. The van der Waals surface area contributed by atoms with Crippen LogP contribution < -0.4 is 5.32 Å². The molecular formula is C19H28ClN3O3. The molecule has 0 bridgehead atoms. The molecule has 7 heteroatoms. The van der Waals surface area contributed by atoms with Crippen LogP contribution in [-0.4, -0.2) is 57.2 Å². The molecule has 1 aromatic carbocycles. The topological polar surface area (TPSA) is 63.2 Å². The van der Waals surface area contributed by atoms with E-state index in [4.69, 9.17) is 26.1 Å². The van der Waals surface area contributed by atoms with Crippen LogP contribution in [0.2, 0.25) is 5.02 Å². The molecule has 6 nitrogen and oxygen atoms in total. The lowest BCUT2D eigenvalue weighted by Crippen LogP contribution is -2.41. The molecule has 1 saturated heterocycles. The van der Waals surface area contributed by atoms with Gasteiger partial charge in [-0.05, 0) is 30.5 Å². The zero-order valence-corrected chi connectivity index (χ0v) is 16.6. The summed E-state index contributed by atoms with van der Waals surface area (Å²) in [6.45, 7) is 6.68. The van der Waals surface area contributed by atoms with Crippen LogP contribution in [0.3, 0.4) is 0 Å². The van der Waals surface area contributed by atoms with E-state index in [2.05, 4.69) is 17.1 Å². The van der Waals surface area contributed by atoms with Gasteiger partial charge in [-0.2, -0.15) is 0 Å². The standard InChI is InChI=1S/C19H28ClN3O3/c1-5-21-19(23-11-13(2)16(12-23)18(24)26-4)22-10-17(25-3)14-7-6-8-15(20)9-14/h6-9,13,16-17H,5,10-12H2,1-4H3,(H,21,22). The van der Waals surface area contributed by atoms with Gasteiger partial charge in [-0.25, -0.2) is 0 Å². The number of nitrogens with one attached hydrogen (secondary N) is 1. The van der Waals surface area contributed by atoms with Gasteiger partial charge < -0.3 is 19.7 Å². The number of methoxy groups -OCH3 is 2. The number of nitrogens with zero attached hydrogens (tertiary/aromatic N) is 2. The number of carbonyl (C=O) groups is 1. The van der Waals surface area contributed by atoms with E-state index in [0.29, 0.717) is 18.1 Å². The number of rotatable bonds is 6. The van der Waals surface area contributed by atoms with Crippen molar-refractivity contribution in [2.45, 2.75) is 20.0 Å². The van der Waals surface area contributed by atoms with E-state index >= 15 is 0 Å². The Morgan fingerprint density at radius 1 is 1.42 bits per heavy atom. The molecule has 2 rings (SSSR count). The van der Waals surface area contributed by atoms with Crippen molar-refractivity contribution in [1.82, 2.24) is 10.2 Å². The molecule has 0 amide bonds. The highest BCUT2D eigenvalue weighted by molar-refractivity contribution is 6.30. The van der Waals surface area contributed by atoms with Crippen molar-refractivity contribution in [3.8, 4) is 0 Å². The van der Waals surface area contributed by atoms with Crippen LogP contribution in [0, 0.1) is 11.8 Å². The van der Waals surface area contributed by atoms with Crippen LogP contribution in [0.4, 0.5) is 0 Å². The van der Waals surface area contributed by atoms with Crippen molar-refractivity contribution in [2.75, 3.05) is 40.4 Å². The van der Waals surface area contributed by atoms with E-state index in [1.165, 1.54) is 7.11 Å². The van der Waals surface area contributed by atoms with Crippen molar-refractivity contribution in [3.05, 3.63) is 34.9 Å². The van der Waals surface area contributed by atoms with Gasteiger partial charge in [0, 0.05) is 31.8 Å². The van der Waals surface area contributed by atoms with Crippen LogP contribution in [-0.2, 0) is 14.3 Å². The predicted molar refractivity (Wildman–Crippen MR) is 103 cm³/mol. The summed E-state index contributed by atoms with van der Waals surface area (Å²) in [6, 6.07) is 7.61. The summed E-state index contributed by atoms with van der Waals surface area (Å²) < 4.78 is 10.5. The van der Waals surface area contributed by atoms with Gasteiger partial charge in [0.15, 0.2) is 5.96 Å².